The highest BCUT2D eigenvalue weighted by Crippen LogP contribution is 2.34. The van der Waals surface area contributed by atoms with Crippen molar-refractivity contribution in [1.29, 1.82) is 0 Å². The highest BCUT2D eigenvalue weighted by molar-refractivity contribution is 7.16. The smallest absolute Gasteiger partial charge is 0.410 e. The fraction of sp³-hybridized carbons (Fsp3) is 0.500. The Morgan fingerprint density at radius 2 is 1.71 bits per heavy atom. The summed E-state index contributed by atoms with van der Waals surface area (Å²) in [5, 5.41) is 9.95. The Kier molecular flexibility index (Phi) is 18.8. The van der Waals surface area contributed by atoms with Crippen molar-refractivity contribution in [2.45, 2.75) is 97.8 Å². The van der Waals surface area contributed by atoms with Crippen LogP contribution in [-0.2, 0) is 27.4 Å². The van der Waals surface area contributed by atoms with Crippen molar-refractivity contribution in [2.24, 2.45) is 4.99 Å². The van der Waals surface area contributed by atoms with Crippen LogP contribution in [0.4, 0.5) is 26.0 Å². The molecule has 0 radical (unpaired) electrons. The van der Waals surface area contributed by atoms with Gasteiger partial charge in [-0.25, -0.2) is 19.0 Å². The van der Waals surface area contributed by atoms with Crippen molar-refractivity contribution >= 4 is 69.8 Å². The van der Waals surface area contributed by atoms with Crippen LogP contribution in [-0.4, -0.2) is 116 Å². The summed E-state index contributed by atoms with van der Waals surface area (Å²) in [6, 6.07) is 15.7. The first-order valence-electron chi connectivity index (χ1n) is 22.2. The van der Waals surface area contributed by atoms with Crippen molar-refractivity contribution in [2.75, 3.05) is 66.0 Å². The molecule has 0 saturated carbocycles. The van der Waals surface area contributed by atoms with Crippen LogP contribution in [0.15, 0.2) is 53.5 Å². The van der Waals surface area contributed by atoms with E-state index < -0.39 is 31.6 Å². The Bertz CT molecular complexity index is 2550. The maximum atomic E-state index is 15.1. The number of rotatable bonds is 21. The van der Waals surface area contributed by atoms with Crippen LogP contribution in [0.5, 0.6) is 5.75 Å². The molecule has 3 aromatic heterocycles. The fourth-order valence-electron chi connectivity index (χ4n) is 6.40. The number of aromatic nitrogens is 4. The number of nitrogens with zero attached hydrogens (tertiary/aromatic N) is 8. The van der Waals surface area contributed by atoms with E-state index in [1.807, 2.05) is 30.0 Å². The molecule has 3 heterocycles. The Morgan fingerprint density at radius 3 is 2.41 bits per heavy atom. The Labute approximate surface area is 397 Å². The van der Waals surface area contributed by atoms with E-state index in [9.17, 15) is 9.59 Å². The third-order valence-electron chi connectivity index (χ3n) is 10.0. The van der Waals surface area contributed by atoms with E-state index in [0.29, 0.717) is 55.1 Å². The number of carbonyl (C=O) groups excluding carboxylic acids is 2. The number of thiazole rings is 2. The quantitative estimate of drug-likeness (QED) is 0.0301. The van der Waals surface area contributed by atoms with Gasteiger partial charge in [0.25, 0.3) is 0 Å². The second-order valence-electron chi connectivity index (χ2n) is 18.5. The molecule has 0 unspecified atom stereocenters. The standard InChI is InChI=1S/C48H65FN8O6S2Si/c1-34-31-41(52-53-43(34)51-46-57(33-61-29-30-66(9,10)11)37-20-13-14-21-39(37)64-46)56(27-16-12-15-25-54(5)6)45-50-42(44(58)60-8)40(65-45)22-18-28-62-38-24-23-35(32-36(38)49)19-17-26-55(7)47(59)63-48(2,3)4/h13-14,20-21,23-24,31-32H,12,15-16,18,22,25-30,33H2,1-11H3. The SMILES string of the molecule is COC(=O)c1nc(N(CCCCCN(C)C)c2cc(C)c(N=c3sc4ccccc4n3COCC[Si](C)(C)C)nn2)sc1CCCOc1ccc(C#CCN(C)C(=O)OC(C)(C)C)cc1F. The molecule has 5 aromatic rings. The van der Waals surface area contributed by atoms with E-state index in [1.165, 1.54) is 35.5 Å². The van der Waals surface area contributed by atoms with Crippen LogP contribution in [0.25, 0.3) is 10.2 Å². The molecule has 0 N–H and O–H groups in total. The van der Waals surface area contributed by atoms with E-state index >= 15 is 4.39 Å². The number of fused-ring (bicyclic) bond motifs is 1. The van der Waals surface area contributed by atoms with Gasteiger partial charge in [-0.1, -0.05) is 61.4 Å². The Balaban J connectivity index is 1.33. The van der Waals surface area contributed by atoms with Crippen molar-refractivity contribution < 1.29 is 32.9 Å². The maximum Gasteiger partial charge on any atom is 0.410 e. The van der Waals surface area contributed by atoms with Gasteiger partial charge in [-0.2, -0.15) is 4.99 Å². The van der Waals surface area contributed by atoms with Gasteiger partial charge in [0, 0.05) is 38.7 Å². The number of methoxy groups -OCH3 is 1. The number of carbonyl (C=O) groups is 2. The normalized spacial score (nSPS) is 12.0. The lowest BCUT2D eigenvalue weighted by atomic mass is 10.2. The van der Waals surface area contributed by atoms with Crippen molar-refractivity contribution in [3.63, 3.8) is 0 Å². The zero-order valence-corrected chi connectivity index (χ0v) is 43.0. The minimum atomic E-state index is -1.25. The van der Waals surface area contributed by atoms with Gasteiger partial charge in [-0.3, -0.25) is 4.57 Å². The first-order valence-corrected chi connectivity index (χ1v) is 27.6. The van der Waals surface area contributed by atoms with Gasteiger partial charge < -0.3 is 33.6 Å². The lowest BCUT2D eigenvalue weighted by molar-refractivity contribution is 0.0320. The molecule has 0 aliphatic heterocycles. The molecule has 2 aromatic carbocycles. The molecule has 0 aliphatic carbocycles. The van der Waals surface area contributed by atoms with Gasteiger partial charge in [0.1, 0.15) is 12.3 Å². The summed E-state index contributed by atoms with van der Waals surface area (Å²) in [6.45, 7) is 17.3. The molecule has 0 atom stereocenters. The molecule has 0 spiro atoms. The van der Waals surface area contributed by atoms with E-state index in [0.717, 1.165) is 57.3 Å². The molecule has 0 fully saturated rings. The molecule has 0 aliphatic rings. The average Bonchev–Trinajstić information content (AvgIpc) is 3.83. The number of ether oxygens (including phenoxy) is 4. The van der Waals surface area contributed by atoms with E-state index in [4.69, 9.17) is 34.0 Å². The number of anilines is 2. The molecule has 1 amide bonds. The molecule has 356 valence electrons. The Hall–Kier alpha value is -5.19. The second-order valence-corrected chi connectivity index (χ2v) is 26.2. The molecule has 5 rings (SSSR count). The monoisotopic (exact) mass is 960 g/mol. The predicted molar refractivity (Wildman–Crippen MR) is 265 cm³/mol. The van der Waals surface area contributed by atoms with Gasteiger partial charge >= 0.3 is 12.1 Å². The van der Waals surface area contributed by atoms with Crippen LogP contribution in [0.3, 0.4) is 0 Å². The second kappa shape index (κ2) is 24.0. The summed E-state index contributed by atoms with van der Waals surface area (Å²) >= 11 is 2.98. The zero-order valence-electron chi connectivity index (χ0n) is 40.3. The van der Waals surface area contributed by atoms with Gasteiger partial charge in [0.05, 0.1) is 30.5 Å². The lowest BCUT2D eigenvalue weighted by Crippen LogP contribution is -2.34. The fourth-order valence-corrected chi connectivity index (χ4v) is 9.30. The minimum absolute atomic E-state index is 0.0853. The van der Waals surface area contributed by atoms with Crippen molar-refractivity contribution in [1.82, 2.24) is 29.5 Å². The van der Waals surface area contributed by atoms with E-state index in [1.54, 1.807) is 45.2 Å². The highest BCUT2D eigenvalue weighted by Gasteiger charge is 2.25. The number of esters is 1. The number of halogens is 1. The summed E-state index contributed by atoms with van der Waals surface area (Å²) in [6.07, 6.45) is 3.29. The third-order valence-corrected chi connectivity index (χ3v) is 13.9. The molecular weight excluding hydrogens is 896 g/mol. The number of para-hydroxylation sites is 1. The topological polar surface area (TPSA) is 137 Å². The highest BCUT2D eigenvalue weighted by atomic mass is 32.1. The average molecular weight is 961 g/mol. The van der Waals surface area contributed by atoms with Crippen molar-refractivity contribution in [3.05, 3.63) is 80.8 Å². The number of benzene rings is 2. The van der Waals surface area contributed by atoms with Gasteiger partial charge in [-0.15, -0.1) is 21.5 Å². The van der Waals surface area contributed by atoms with E-state index in [-0.39, 0.29) is 24.6 Å². The molecule has 14 nitrogen and oxygen atoms in total. The zero-order chi connectivity index (χ0) is 48.0. The first-order chi connectivity index (χ1) is 31.3. The van der Waals surface area contributed by atoms with Crippen LogP contribution in [0.2, 0.25) is 25.7 Å². The summed E-state index contributed by atoms with van der Waals surface area (Å²) in [5.74, 6) is 5.85. The number of hydrogen-bond acceptors (Lipinski definition) is 14. The third kappa shape index (κ3) is 15.7. The molecule has 18 heteroatoms. The summed E-state index contributed by atoms with van der Waals surface area (Å²) < 4.78 is 40.8. The van der Waals surface area contributed by atoms with Gasteiger partial charge in [0.2, 0.25) is 0 Å². The molecule has 66 heavy (non-hydrogen) atoms. The van der Waals surface area contributed by atoms with Crippen LogP contribution < -0.4 is 14.4 Å². The largest absolute Gasteiger partial charge is 0.491 e. The number of hydrogen-bond donors (Lipinski definition) is 0. The molecular formula is C48H65FN8O6S2Si. The van der Waals surface area contributed by atoms with Gasteiger partial charge in [0.15, 0.2) is 38.8 Å². The number of amides is 1. The number of aryl methyl sites for hydroxylation is 2. The maximum absolute atomic E-state index is 15.1. The van der Waals surface area contributed by atoms with Gasteiger partial charge in [-0.05, 0) is 122 Å². The predicted octanol–water partition coefficient (Wildman–Crippen LogP) is 9.83. The van der Waals surface area contributed by atoms with Crippen LogP contribution in [0, 0.1) is 24.6 Å². The summed E-state index contributed by atoms with van der Waals surface area (Å²) in [4.78, 5) is 42.2. The minimum Gasteiger partial charge on any atom is -0.491 e. The first kappa shape index (κ1) is 51.8. The lowest BCUT2D eigenvalue weighted by Gasteiger charge is -2.23. The summed E-state index contributed by atoms with van der Waals surface area (Å²) in [5.41, 5.74) is 1.94. The molecule has 0 saturated heterocycles. The van der Waals surface area contributed by atoms with Crippen LogP contribution >= 0.6 is 22.7 Å². The van der Waals surface area contributed by atoms with E-state index in [2.05, 4.69) is 72.3 Å². The molecule has 0 bridgehead atoms. The summed E-state index contributed by atoms with van der Waals surface area (Å²) in [7, 11) is 5.81. The number of unbranched alkanes of at least 4 members (excludes halogenated alkanes) is 2. The van der Waals surface area contributed by atoms with Crippen molar-refractivity contribution in [3.8, 4) is 17.6 Å². The Morgan fingerprint density at radius 1 is 0.955 bits per heavy atom. The van der Waals surface area contributed by atoms with Crippen LogP contribution in [0.1, 0.15) is 72.9 Å².